The number of nitrogens with one attached hydrogen (secondary N) is 1. The van der Waals surface area contributed by atoms with Gasteiger partial charge < -0.3 is 25.0 Å². The van der Waals surface area contributed by atoms with Crippen molar-refractivity contribution in [3.8, 4) is 0 Å². The Bertz CT molecular complexity index is 444. The van der Waals surface area contributed by atoms with Gasteiger partial charge in [0.1, 0.15) is 23.7 Å². The zero-order valence-electron chi connectivity index (χ0n) is 14.6. The molecule has 0 aromatic carbocycles. The SMILES string of the molecule is CN=C1N[C@@H]2[C@@H](O)[C@H](O)[C@@H]([C@H](C)OCCC3CCCCC3)O[C@@H]2S1. The van der Waals surface area contributed by atoms with Crippen LogP contribution >= 0.6 is 11.8 Å². The second-order valence-electron chi connectivity index (χ2n) is 7.14. The Hall–Kier alpha value is -0.340. The second kappa shape index (κ2) is 8.36. The Balaban J connectivity index is 1.49. The molecule has 3 fully saturated rings. The van der Waals surface area contributed by atoms with Crippen LogP contribution in [0.5, 0.6) is 0 Å². The molecule has 1 saturated carbocycles. The van der Waals surface area contributed by atoms with Crippen LogP contribution in [-0.4, -0.2) is 64.9 Å². The Labute approximate surface area is 148 Å². The molecule has 0 unspecified atom stereocenters. The van der Waals surface area contributed by atoms with Crippen molar-refractivity contribution in [3.05, 3.63) is 0 Å². The van der Waals surface area contributed by atoms with E-state index in [1.807, 2.05) is 6.92 Å². The van der Waals surface area contributed by atoms with E-state index in [9.17, 15) is 10.2 Å². The molecule has 3 rings (SSSR count). The number of aliphatic hydroxyl groups is 2. The summed E-state index contributed by atoms with van der Waals surface area (Å²) in [7, 11) is 1.70. The largest absolute Gasteiger partial charge is 0.388 e. The first-order valence-electron chi connectivity index (χ1n) is 9.13. The number of ether oxygens (including phenoxy) is 2. The molecule has 0 aromatic rings. The number of rotatable bonds is 5. The lowest BCUT2D eigenvalue weighted by atomic mass is 9.87. The van der Waals surface area contributed by atoms with Gasteiger partial charge in [-0.3, -0.25) is 4.99 Å². The van der Waals surface area contributed by atoms with Crippen molar-refractivity contribution < 1.29 is 19.7 Å². The molecule has 2 aliphatic heterocycles. The quantitative estimate of drug-likeness (QED) is 0.691. The average Bonchev–Trinajstić information content (AvgIpc) is 3.02. The summed E-state index contributed by atoms with van der Waals surface area (Å²) in [6.45, 7) is 2.61. The Morgan fingerprint density at radius 2 is 2.04 bits per heavy atom. The summed E-state index contributed by atoms with van der Waals surface area (Å²) >= 11 is 1.46. The molecule has 0 radical (unpaired) electrons. The number of hydrogen-bond acceptors (Lipinski definition) is 6. The summed E-state index contributed by atoms with van der Waals surface area (Å²) in [5.74, 6) is 0.774. The van der Waals surface area contributed by atoms with E-state index in [2.05, 4.69) is 10.3 Å². The van der Waals surface area contributed by atoms with Crippen LogP contribution in [0.1, 0.15) is 45.4 Å². The Morgan fingerprint density at radius 1 is 1.29 bits per heavy atom. The standard InChI is InChI=1S/C17H30N2O4S/c1-10(22-9-8-11-6-4-3-5-7-11)15-14(21)13(20)12-16(23-15)24-17(18-2)19-12/h10-16,20-21H,3-9H2,1-2H3,(H,18,19)/t10-,12+,13+,14-,15+,16+/m0/s1. The molecule has 3 aliphatic rings. The van der Waals surface area contributed by atoms with E-state index in [0.29, 0.717) is 6.61 Å². The van der Waals surface area contributed by atoms with Crippen molar-refractivity contribution in [2.24, 2.45) is 10.9 Å². The molecule has 0 amide bonds. The first kappa shape index (κ1) is 18.5. The van der Waals surface area contributed by atoms with E-state index in [-0.39, 0.29) is 17.6 Å². The van der Waals surface area contributed by atoms with Gasteiger partial charge in [0.05, 0.1) is 12.1 Å². The van der Waals surface area contributed by atoms with Gasteiger partial charge in [-0.1, -0.05) is 43.9 Å². The van der Waals surface area contributed by atoms with Gasteiger partial charge in [-0.15, -0.1) is 0 Å². The molecule has 2 heterocycles. The number of amidine groups is 1. The molecule has 0 bridgehead atoms. The molecule has 2 saturated heterocycles. The molecular weight excluding hydrogens is 328 g/mol. The fraction of sp³-hybridized carbons (Fsp3) is 0.941. The van der Waals surface area contributed by atoms with Crippen LogP contribution in [0.25, 0.3) is 0 Å². The minimum absolute atomic E-state index is 0.239. The van der Waals surface area contributed by atoms with E-state index in [0.717, 1.165) is 17.5 Å². The lowest BCUT2D eigenvalue weighted by molar-refractivity contribution is -0.193. The third kappa shape index (κ3) is 4.07. The van der Waals surface area contributed by atoms with Crippen molar-refractivity contribution in [1.82, 2.24) is 5.32 Å². The third-order valence-electron chi connectivity index (χ3n) is 5.45. The van der Waals surface area contributed by atoms with Crippen molar-refractivity contribution in [1.29, 1.82) is 0 Å². The highest BCUT2D eigenvalue weighted by Crippen LogP contribution is 2.35. The predicted octanol–water partition coefficient (Wildman–Crippen LogP) is 1.50. The van der Waals surface area contributed by atoms with E-state index in [1.54, 1.807) is 7.05 Å². The molecule has 3 N–H and O–H groups in total. The fourth-order valence-electron chi connectivity index (χ4n) is 3.93. The maximum absolute atomic E-state index is 10.4. The van der Waals surface area contributed by atoms with Gasteiger partial charge in [0.25, 0.3) is 0 Å². The van der Waals surface area contributed by atoms with E-state index in [1.165, 1.54) is 43.9 Å². The highest BCUT2D eigenvalue weighted by molar-refractivity contribution is 8.14. The molecular formula is C17H30N2O4S. The minimum atomic E-state index is -0.958. The van der Waals surface area contributed by atoms with Gasteiger partial charge >= 0.3 is 0 Å². The highest BCUT2D eigenvalue weighted by atomic mass is 32.2. The summed E-state index contributed by atoms with van der Waals surface area (Å²) in [6.07, 6.45) is 5.13. The van der Waals surface area contributed by atoms with Gasteiger partial charge in [0.15, 0.2) is 5.17 Å². The fourth-order valence-corrected chi connectivity index (χ4v) is 5.01. The summed E-state index contributed by atoms with van der Waals surface area (Å²) in [4.78, 5) is 4.11. The molecule has 6 atom stereocenters. The Morgan fingerprint density at radius 3 is 2.75 bits per heavy atom. The smallest absolute Gasteiger partial charge is 0.159 e. The Kier molecular flexibility index (Phi) is 6.43. The number of aliphatic hydroxyl groups excluding tert-OH is 2. The summed E-state index contributed by atoms with van der Waals surface area (Å²) in [5, 5.41) is 24.7. The first-order chi connectivity index (χ1) is 11.6. The van der Waals surface area contributed by atoms with Gasteiger partial charge in [-0.05, 0) is 19.3 Å². The van der Waals surface area contributed by atoms with E-state index >= 15 is 0 Å². The van der Waals surface area contributed by atoms with Crippen molar-refractivity contribution in [2.45, 2.75) is 81.3 Å². The number of hydrogen-bond donors (Lipinski definition) is 3. The number of nitrogens with zero attached hydrogens (tertiary/aromatic N) is 1. The molecule has 138 valence electrons. The third-order valence-corrected chi connectivity index (χ3v) is 6.61. The molecule has 1 aliphatic carbocycles. The molecule has 7 heteroatoms. The van der Waals surface area contributed by atoms with Crippen LogP contribution in [-0.2, 0) is 9.47 Å². The van der Waals surface area contributed by atoms with Crippen molar-refractivity contribution >= 4 is 16.9 Å². The average molecular weight is 359 g/mol. The molecule has 24 heavy (non-hydrogen) atoms. The lowest BCUT2D eigenvalue weighted by Crippen LogP contribution is -2.61. The zero-order chi connectivity index (χ0) is 17.1. The summed E-state index contributed by atoms with van der Waals surface area (Å²) < 4.78 is 12.0. The van der Waals surface area contributed by atoms with Gasteiger partial charge in [-0.25, -0.2) is 0 Å². The highest BCUT2D eigenvalue weighted by Gasteiger charge is 2.50. The number of aliphatic imine (C=N–C) groups is 1. The van der Waals surface area contributed by atoms with Crippen LogP contribution in [0.15, 0.2) is 4.99 Å². The maximum atomic E-state index is 10.4. The van der Waals surface area contributed by atoms with E-state index in [4.69, 9.17) is 9.47 Å². The summed E-state index contributed by atoms with van der Waals surface area (Å²) in [6, 6.07) is -0.325. The maximum Gasteiger partial charge on any atom is 0.159 e. The van der Waals surface area contributed by atoms with Crippen molar-refractivity contribution in [3.63, 3.8) is 0 Å². The van der Waals surface area contributed by atoms with Crippen LogP contribution in [0.4, 0.5) is 0 Å². The summed E-state index contributed by atoms with van der Waals surface area (Å²) in [5.41, 5.74) is -0.239. The monoisotopic (exact) mass is 358 g/mol. The molecule has 6 nitrogen and oxygen atoms in total. The normalized spacial score (nSPS) is 40.3. The number of thioether (sulfide) groups is 1. The lowest BCUT2D eigenvalue weighted by Gasteiger charge is -2.41. The van der Waals surface area contributed by atoms with Crippen LogP contribution in [0.2, 0.25) is 0 Å². The number of fused-ring (bicyclic) bond motifs is 1. The molecule has 0 aromatic heterocycles. The first-order valence-corrected chi connectivity index (χ1v) is 10.0. The van der Waals surface area contributed by atoms with Crippen molar-refractivity contribution in [2.75, 3.05) is 13.7 Å². The van der Waals surface area contributed by atoms with Gasteiger partial charge in [0, 0.05) is 13.7 Å². The van der Waals surface area contributed by atoms with Crippen LogP contribution < -0.4 is 5.32 Å². The molecule has 0 spiro atoms. The van der Waals surface area contributed by atoms with Crippen LogP contribution in [0, 0.1) is 5.92 Å². The minimum Gasteiger partial charge on any atom is -0.388 e. The zero-order valence-corrected chi connectivity index (χ0v) is 15.4. The van der Waals surface area contributed by atoms with E-state index < -0.39 is 18.3 Å². The van der Waals surface area contributed by atoms with Gasteiger partial charge in [0.2, 0.25) is 0 Å². The second-order valence-corrected chi connectivity index (χ2v) is 8.22. The van der Waals surface area contributed by atoms with Gasteiger partial charge in [-0.2, -0.15) is 0 Å². The predicted molar refractivity (Wildman–Crippen MR) is 95.2 cm³/mol. The topological polar surface area (TPSA) is 83.3 Å². The van der Waals surface area contributed by atoms with Crippen LogP contribution in [0.3, 0.4) is 0 Å².